The topological polar surface area (TPSA) is 76.2 Å². The van der Waals surface area contributed by atoms with E-state index in [2.05, 4.69) is 22.4 Å². The zero-order valence-corrected chi connectivity index (χ0v) is 13.6. The predicted molar refractivity (Wildman–Crippen MR) is 85.6 cm³/mol. The number of hydrogen-bond acceptors (Lipinski definition) is 4. The highest BCUT2D eigenvalue weighted by atomic mass is 16.7. The predicted octanol–water partition coefficient (Wildman–Crippen LogP) is 2.76. The Morgan fingerprint density at radius 3 is 2.87 bits per heavy atom. The van der Waals surface area contributed by atoms with Gasteiger partial charge in [0.15, 0.2) is 11.5 Å². The summed E-state index contributed by atoms with van der Waals surface area (Å²) < 4.78 is 10.7. The van der Waals surface area contributed by atoms with Crippen LogP contribution in [0.3, 0.4) is 0 Å². The van der Waals surface area contributed by atoms with Gasteiger partial charge in [-0.3, -0.25) is 9.89 Å². The monoisotopic (exact) mass is 315 g/mol. The van der Waals surface area contributed by atoms with E-state index in [1.54, 1.807) is 6.07 Å². The molecule has 1 aliphatic rings. The van der Waals surface area contributed by atoms with Gasteiger partial charge in [-0.1, -0.05) is 19.4 Å². The molecule has 2 N–H and O–H groups in total. The summed E-state index contributed by atoms with van der Waals surface area (Å²) in [4.78, 5) is 12.4. The SMILES string of the molecule is CCCc1cc(C(=O)NC(C)(C)c2ccc3c(c2)OCO3)n[nH]1. The van der Waals surface area contributed by atoms with Gasteiger partial charge in [0.25, 0.3) is 5.91 Å². The molecule has 6 heteroatoms. The quantitative estimate of drug-likeness (QED) is 0.889. The van der Waals surface area contributed by atoms with Gasteiger partial charge in [0, 0.05) is 5.69 Å². The molecular formula is C17H21N3O3. The van der Waals surface area contributed by atoms with E-state index in [9.17, 15) is 4.79 Å². The number of carbonyl (C=O) groups is 1. The van der Waals surface area contributed by atoms with E-state index in [4.69, 9.17) is 9.47 Å². The molecule has 0 radical (unpaired) electrons. The first-order valence-electron chi connectivity index (χ1n) is 7.76. The number of ether oxygens (including phenoxy) is 2. The molecule has 1 aromatic heterocycles. The van der Waals surface area contributed by atoms with Gasteiger partial charge in [-0.15, -0.1) is 0 Å². The molecule has 1 amide bonds. The molecule has 2 heterocycles. The number of aromatic amines is 1. The van der Waals surface area contributed by atoms with Crippen LogP contribution in [0.15, 0.2) is 24.3 Å². The highest BCUT2D eigenvalue weighted by Gasteiger charge is 2.27. The van der Waals surface area contributed by atoms with Gasteiger partial charge in [0.1, 0.15) is 5.69 Å². The van der Waals surface area contributed by atoms with Crippen molar-refractivity contribution in [2.45, 2.75) is 39.2 Å². The van der Waals surface area contributed by atoms with Crippen LogP contribution in [-0.4, -0.2) is 22.9 Å². The van der Waals surface area contributed by atoms with Crippen LogP contribution >= 0.6 is 0 Å². The Hall–Kier alpha value is -2.50. The van der Waals surface area contributed by atoms with E-state index in [1.165, 1.54) is 0 Å². The van der Waals surface area contributed by atoms with Gasteiger partial charge < -0.3 is 14.8 Å². The van der Waals surface area contributed by atoms with E-state index in [0.29, 0.717) is 11.4 Å². The molecule has 1 aliphatic heterocycles. The van der Waals surface area contributed by atoms with Gasteiger partial charge in [-0.05, 0) is 44.0 Å². The van der Waals surface area contributed by atoms with Crippen molar-refractivity contribution in [3.8, 4) is 11.5 Å². The molecule has 6 nitrogen and oxygen atoms in total. The van der Waals surface area contributed by atoms with Gasteiger partial charge in [0.05, 0.1) is 5.54 Å². The molecular weight excluding hydrogens is 294 g/mol. The van der Waals surface area contributed by atoms with Crippen molar-refractivity contribution in [3.63, 3.8) is 0 Å². The van der Waals surface area contributed by atoms with Crippen molar-refractivity contribution in [1.82, 2.24) is 15.5 Å². The van der Waals surface area contributed by atoms with Crippen molar-refractivity contribution in [3.05, 3.63) is 41.2 Å². The van der Waals surface area contributed by atoms with E-state index < -0.39 is 5.54 Å². The third kappa shape index (κ3) is 3.16. The minimum atomic E-state index is -0.554. The van der Waals surface area contributed by atoms with Crippen LogP contribution in [0.5, 0.6) is 11.5 Å². The minimum absolute atomic E-state index is 0.203. The number of aryl methyl sites for hydroxylation is 1. The highest BCUT2D eigenvalue weighted by Crippen LogP contribution is 2.35. The number of fused-ring (bicyclic) bond motifs is 1. The average Bonchev–Trinajstić information content (AvgIpc) is 3.15. The largest absolute Gasteiger partial charge is 0.454 e. The molecule has 0 fully saturated rings. The first-order chi connectivity index (χ1) is 11.0. The molecule has 1 aromatic carbocycles. The number of rotatable bonds is 5. The van der Waals surface area contributed by atoms with Crippen molar-refractivity contribution < 1.29 is 14.3 Å². The number of H-pyrrole nitrogens is 1. The first kappa shape index (κ1) is 15.4. The van der Waals surface area contributed by atoms with Crippen molar-refractivity contribution in [1.29, 1.82) is 0 Å². The zero-order chi connectivity index (χ0) is 16.4. The summed E-state index contributed by atoms with van der Waals surface area (Å²) in [6, 6.07) is 7.49. The molecule has 0 spiro atoms. The molecule has 23 heavy (non-hydrogen) atoms. The molecule has 0 saturated carbocycles. The Labute approximate surface area is 135 Å². The van der Waals surface area contributed by atoms with Gasteiger partial charge >= 0.3 is 0 Å². The summed E-state index contributed by atoms with van der Waals surface area (Å²) in [6.07, 6.45) is 1.89. The van der Waals surface area contributed by atoms with Crippen LogP contribution in [0.25, 0.3) is 0 Å². The Kier molecular flexibility index (Phi) is 3.98. The standard InChI is InChI=1S/C17H21N3O3/c1-4-5-12-9-13(20-19-12)16(21)18-17(2,3)11-6-7-14-15(8-11)23-10-22-14/h6-9H,4-5,10H2,1-3H3,(H,18,21)(H,19,20). The fourth-order valence-corrected chi connectivity index (χ4v) is 2.58. The fraction of sp³-hybridized carbons (Fsp3) is 0.412. The molecule has 2 aromatic rings. The fourth-order valence-electron chi connectivity index (χ4n) is 2.58. The van der Waals surface area contributed by atoms with Gasteiger partial charge in [-0.2, -0.15) is 5.10 Å². The summed E-state index contributed by atoms with van der Waals surface area (Å²) in [7, 11) is 0. The average molecular weight is 315 g/mol. The lowest BCUT2D eigenvalue weighted by atomic mass is 9.93. The molecule has 0 aliphatic carbocycles. The molecule has 122 valence electrons. The normalized spacial score (nSPS) is 13.2. The van der Waals surface area contributed by atoms with Gasteiger partial charge in [-0.25, -0.2) is 0 Å². The Bertz CT molecular complexity index is 722. The first-order valence-corrected chi connectivity index (χ1v) is 7.76. The van der Waals surface area contributed by atoms with Gasteiger partial charge in [0.2, 0.25) is 6.79 Å². The van der Waals surface area contributed by atoms with Crippen LogP contribution < -0.4 is 14.8 Å². The Morgan fingerprint density at radius 2 is 2.09 bits per heavy atom. The smallest absolute Gasteiger partial charge is 0.272 e. The number of hydrogen-bond donors (Lipinski definition) is 2. The van der Waals surface area contributed by atoms with Crippen LogP contribution in [-0.2, 0) is 12.0 Å². The molecule has 0 atom stereocenters. The number of carbonyl (C=O) groups excluding carboxylic acids is 1. The highest BCUT2D eigenvalue weighted by molar-refractivity contribution is 5.92. The second-order valence-electron chi connectivity index (χ2n) is 6.18. The van der Waals surface area contributed by atoms with E-state index >= 15 is 0 Å². The van der Waals surface area contributed by atoms with Crippen LogP contribution in [0.2, 0.25) is 0 Å². The summed E-state index contributed by atoms with van der Waals surface area (Å²) >= 11 is 0. The molecule has 3 rings (SSSR count). The zero-order valence-electron chi connectivity index (χ0n) is 13.6. The number of nitrogens with zero attached hydrogens (tertiary/aromatic N) is 1. The summed E-state index contributed by atoms with van der Waals surface area (Å²) in [5.74, 6) is 1.23. The van der Waals surface area contributed by atoms with Crippen molar-refractivity contribution >= 4 is 5.91 Å². The maximum atomic E-state index is 12.4. The van der Waals surface area contributed by atoms with Crippen molar-refractivity contribution in [2.24, 2.45) is 0 Å². The number of aromatic nitrogens is 2. The number of nitrogens with one attached hydrogen (secondary N) is 2. The minimum Gasteiger partial charge on any atom is -0.454 e. The van der Waals surface area contributed by atoms with E-state index in [-0.39, 0.29) is 12.7 Å². The molecule has 0 unspecified atom stereocenters. The second kappa shape index (κ2) is 5.95. The summed E-state index contributed by atoms with van der Waals surface area (Å²) in [5, 5.41) is 10.0. The third-order valence-corrected chi connectivity index (χ3v) is 3.90. The lowest BCUT2D eigenvalue weighted by Crippen LogP contribution is -2.41. The second-order valence-corrected chi connectivity index (χ2v) is 6.18. The summed E-state index contributed by atoms with van der Waals surface area (Å²) in [5.41, 5.74) is 1.77. The Morgan fingerprint density at radius 1 is 1.30 bits per heavy atom. The van der Waals surface area contributed by atoms with Crippen LogP contribution in [0, 0.1) is 0 Å². The number of benzene rings is 1. The maximum Gasteiger partial charge on any atom is 0.272 e. The lowest BCUT2D eigenvalue weighted by Gasteiger charge is -2.26. The maximum absolute atomic E-state index is 12.4. The third-order valence-electron chi connectivity index (χ3n) is 3.90. The lowest BCUT2D eigenvalue weighted by molar-refractivity contribution is 0.0906. The van der Waals surface area contributed by atoms with E-state index in [0.717, 1.165) is 29.8 Å². The Balaban J connectivity index is 1.75. The van der Waals surface area contributed by atoms with E-state index in [1.807, 2.05) is 32.0 Å². The summed E-state index contributed by atoms with van der Waals surface area (Å²) in [6.45, 7) is 6.21. The van der Waals surface area contributed by atoms with Crippen LogP contribution in [0.1, 0.15) is 48.9 Å². The van der Waals surface area contributed by atoms with Crippen LogP contribution in [0.4, 0.5) is 0 Å². The molecule has 0 saturated heterocycles. The molecule has 0 bridgehead atoms. The number of amides is 1. The van der Waals surface area contributed by atoms with Crippen molar-refractivity contribution in [2.75, 3.05) is 6.79 Å².